The van der Waals surface area contributed by atoms with Gasteiger partial charge < -0.3 is 5.73 Å². The lowest BCUT2D eigenvalue weighted by molar-refractivity contribution is 0.181. The van der Waals surface area contributed by atoms with E-state index >= 15 is 0 Å². The van der Waals surface area contributed by atoms with E-state index in [4.69, 9.17) is 5.73 Å². The highest BCUT2D eigenvalue weighted by molar-refractivity contribution is 7.10. The molecule has 0 aliphatic heterocycles. The fourth-order valence-electron chi connectivity index (χ4n) is 2.75. The molecular weight excluding hydrogens is 216 g/mol. The van der Waals surface area contributed by atoms with E-state index in [1.54, 1.807) is 0 Å². The highest BCUT2D eigenvalue weighted by Gasteiger charge is 2.27. The molecule has 1 saturated carbocycles. The zero-order chi connectivity index (χ0) is 11.5. The van der Waals surface area contributed by atoms with Gasteiger partial charge in [-0.1, -0.05) is 12.8 Å². The van der Waals surface area contributed by atoms with Crippen molar-refractivity contribution < 1.29 is 0 Å². The zero-order valence-corrected chi connectivity index (χ0v) is 11.1. The van der Waals surface area contributed by atoms with E-state index in [0.29, 0.717) is 6.04 Å². The van der Waals surface area contributed by atoms with Crippen LogP contribution in [0, 0.1) is 6.92 Å². The third kappa shape index (κ3) is 2.31. The van der Waals surface area contributed by atoms with Gasteiger partial charge in [0, 0.05) is 17.5 Å². The summed E-state index contributed by atoms with van der Waals surface area (Å²) in [6, 6.07) is 3.36. The molecule has 3 heteroatoms. The standard InChI is InChI=1S/C13H22N2S/c1-10-7-8-16-13(10)12(9-14)15(2)11-5-3-4-6-11/h7-8,11-12H,3-6,9,14H2,1-2H3. The second kappa shape index (κ2) is 5.30. The van der Waals surface area contributed by atoms with Crippen LogP contribution in [0.5, 0.6) is 0 Å². The molecule has 1 heterocycles. The second-order valence-electron chi connectivity index (χ2n) is 4.82. The van der Waals surface area contributed by atoms with Gasteiger partial charge in [0.1, 0.15) is 0 Å². The topological polar surface area (TPSA) is 29.3 Å². The summed E-state index contributed by atoms with van der Waals surface area (Å²) in [5, 5.41) is 2.18. The van der Waals surface area contributed by atoms with Gasteiger partial charge in [-0.25, -0.2) is 0 Å². The van der Waals surface area contributed by atoms with Crippen molar-refractivity contribution in [2.24, 2.45) is 5.73 Å². The van der Waals surface area contributed by atoms with Crippen molar-refractivity contribution >= 4 is 11.3 Å². The van der Waals surface area contributed by atoms with E-state index in [-0.39, 0.29) is 0 Å². The first-order valence-corrected chi connectivity index (χ1v) is 7.08. The largest absolute Gasteiger partial charge is 0.329 e. The molecule has 2 N–H and O–H groups in total. The molecular formula is C13H22N2S. The molecule has 0 saturated heterocycles. The predicted octanol–water partition coefficient (Wildman–Crippen LogP) is 2.93. The number of hydrogen-bond donors (Lipinski definition) is 1. The highest BCUT2D eigenvalue weighted by atomic mass is 32.1. The lowest BCUT2D eigenvalue weighted by Crippen LogP contribution is -2.37. The van der Waals surface area contributed by atoms with Gasteiger partial charge in [0.2, 0.25) is 0 Å². The Bertz CT molecular complexity index is 328. The molecule has 90 valence electrons. The second-order valence-corrected chi connectivity index (χ2v) is 5.77. The minimum atomic E-state index is 0.420. The Balaban J connectivity index is 2.12. The molecule has 1 fully saturated rings. The van der Waals surface area contributed by atoms with Crippen molar-refractivity contribution in [1.82, 2.24) is 4.90 Å². The van der Waals surface area contributed by atoms with Crippen molar-refractivity contribution in [1.29, 1.82) is 0 Å². The van der Waals surface area contributed by atoms with Crippen molar-refractivity contribution in [2.75, 3.05) is 13.6 Å². The summed E-state index contributed by atoms with van der Waals surface area (Å²) in [4.78, 5) is 3.96. The number of thiophene rings is 1. The van der Waals surface area contributed by atoms with Crippen LogP contribution in [0.25, 0.3) is 0 Å². The molecule has 1 aliphatic rings. The smallest absolute Gasteiger partial charge is 0.0566 e. The van der Waals surface area contributed by atoms with Gasteiger partial charge in [-0.05, 0) is 43.8 Å². The number of hydrogen-bond acceptors (Lipinski definition) is 3. The number of nitrogens with two attached hydrogens (primary N) is 1. The van der Waals surface area contributed by atoms with Crippen LogP contribution < -0.4 is 5.73 Å². The fraction of sp³-hybridized carbons (Fsp3) is 0.692. The lowest BCUT2D eigenvalue weighted by atomic mass is 10.1. The van der Waals surface area contributed by atoms with Crippen LogP contribution in [-0.2, 0) is 0 Å². The summed E-state index contributed by atoms with van der Waals surface area (Å²) in [6.45, 7) is 2.92. The number of aryl methyl sites for hydroxylation is 1. The van der Waals surface area contributed by atoms with Gasteiger partial charge in [-0.15, -0.1) is 11.3 Å². The van der Waals surface area contributed by atoms with E-state index in [9.17, 15) is 0 Å². The van der Waals surface area contributed by atoms with Crippen molar-refractivity contribution in [3.8, 4) is 0 Å². The van der Waals surface area contributed by atoms with Crippen LogP contribution in [0.2, 0.25) is 0 Å². The Labute approximate surface area is 102 Å². The van der Waals surface area contributed by atoms with E-state index in [2.05, 4.69) is 30.3 Å². The molecule has 1 aromatic heterocycles. The number of likely N-dealkylation sites (N-methyl/N-ethyl adjacent to an activating group) is 1. The van der Waals surface area contributed by atoms with Crippen LogP contribution >= 0.6 is 11.3 Å². The Morgan fingerprint density at radius 1 is 1.50 bits per heavy atom. The first-order chi connectivity index (χ1) is 7.74. The minimum absolute atomic E-state index is 0.420. The Kier molecular flexibility index (Phi) is 4.00. The van der Waals surface area contributed by atoms with Crippen molar-refractivity contribution in [3.05, 3.63) is 21.9 Å². The SMILES string of the molecule is Cc1ccsc1C(CN)N(C)C1CCCC1. The summed E-state index contributed by atoms with van der Waals surface area (Å²) in [6.07, 6.45) is 5.46. The first kappa shape index (κ1) is 12.1. The van der Waals surface area contributed by atoms with Gasteiger partial charge in [-0.2, -0.15) is 0 Å². The third-order valence-corrected chi connectivity index (χ3v) is 4.94. The molecule has 0 radical (unpaired) electrons. The van der Waals surface area contributed by atoms with Gasteiger partial charge in [0.05, 0.1) is 6.04 Å². The van der Waals surface area contributed by atoms with E-state index in [1.165, 1.54) is 36.1 Å². The van der Waals surface area contributed by atoms with Gasteiger partial charge in [0.25, 0.3) is 0 Å². The predicted molar refractivity (Wildman–Crippen MR) is 70.9 cm³/mol. The maximum Gasteiger partial charge on any atom is 0.0566 e. The van der Waals surface area contributed by atoms with Crippen molar-refractivity contribution in [3.63, 3.8) is 0 Å². The van der Waals surface area contributed by atoms with E-state index < -0.39 is 0 Å². The summed E-state index contributed by atoms with van der Waals surface area (Å²) in [7, 11) is 2.24. The lowest BCUT2D eigenvalue weighted by Gasteiger charge is -2.32. The third-order valence-electron chi connectivity index (χ3n) is 3.82. The van der Waals surface area contributed by atoms with Crippen LogP contribution in [0.15, 0.2) is 11.4 Å². The Morgan fingerprint density at radius 2 is 2.19 bits per heavy atom. The maximum absolute atomic E-state index is 5.97. The van der Waals surface area contributed by atoms with Crippen LogP contribution in [0.1, 0.15) is 42.2 Å². The number of nitrogens with zero attached hydrogens (tertiary/aromatic N) is 1. The molecule has 0 aromatic carbocycles. The summed E-state index contributed by atoms with van der Waals surface area (Å²) in [5.74, 6) is 0. The van der Waals surface area contributed by atoms with Gasteiger partial charge >= 0.3 is 0 Å². The van der Waals surface area contributed by atoms with E-state index in [0.717, 1.165) is 12.6 Å². The molecule has 2 nitrogen and oxygen atoms in total. The fourth-order valence-corrected chi connectivity index (χ4v) is 3.84. The molecule has 1 aliphatic carbocycles. The average molecular weight is 238 g/mol. The Morgan fingerprint density at radius 3 is 2.69 bits per heavy atom. The summed E-state index contributed by atoms with van der Waals surface area (Å²) >= 11 is 1.85. The highest BCUT2D eigenvalue weighted by Crippen LogP contribution is 2.32. The van der Waals surface area contributed by atoms with Crippen LogP contribution in [-0.4, -0.2) is 24.5 Å². The normalized spacial score (nSPS) is 19.5. The molecule has 1 unspecified atom stereocenters. The van der Waals surface area contributed by atoms with E-state index in [1.807, 2.05) is 11.3 Å². The Hall–Kier alpha value is -0.380. The molecule has 1 atom stereocenters. The molecule has 0 bridgehead atoms. The van der Waals surface area contributed by atoms with Crippen molar-refractivity contribution in [2.45, 2.75) is 44.7 Å². The monoisotopic (exact) mass is 238 g/mol. The minimum Gasteiger partial charge on any atom is -0.329 e. The average Bonchev–Trinajstić information content (AvgIpc) is 2.91. The number of rotatable bonds is 4. The quantitative estimate of drug-likeness (QED) is 0.874. The van der Waals surface area contributed by atoms with Gasteiger partial charge in [-0.3, -0.25) is 4.90 Å². The van der Waals surface area contributed by atoms with Gasteiger partial charge in [0.15, 0.2) is 0 Å². The summed E-state index contributed by atoms with van der Waals surface area (Å²) < 4.78 is 0. The summed E-state index contributed by atoms with van der Waals surface area (Å²) in [5.41, 5.74) is 7.36. The molecule has 0 amide bonds. The molecule has 0 spiro atoms. The molecule has 2 rings (SSSR count). The molecule has 1 aromatic rings. The first-order valence-electron chi connectivity index (χ1n) is 6.20. The maximum atomic E-state index is 5.97. The van der Waals surface area contributed by atoms with Crippen LogP contribution in [0.4, 0.5) is 0 Å². The molecule has 16 heavy (non-hydrogen) atoms. The van der Waals surface area contributed by atoms with Crippen LogP contribution in [0.3, 0.4) is 0 Å². The zero-order valence-electron chi connectivity index (χ0n) is 10.3.